The Hall–Kier alpha value is -0.880. The van der Waals surface area contributed by atoms with Crippen molar-refractivity contribution in [2.45, 2.75) is 38.0 Å². The molecule has 1 N–H and O–H groups in total. The molecule has 0 radical (unpaired) electrons. The monoisotopic (exact) mass is 274 g/mol. The Bertz CT molecular complexity index is 479. The molecule has 2 aliphatic carbocycles. The second kappa shape index (κ2) is 4.35. The van der Waals surface area contributed by atoms with Crippen molar-refractivity contribution in [2.75, 3.05) is 0 Å². The SMILES string of the molecule is C=C(C)C(=O)OC1C2CC(C1C)C(S(=O)(=O)O)C2. The van der Waals surface area contributed by atoms with Crippen molar-refractivity contribution in [3.63, 3.8) is 0 Å². The topological polar surface area (TPSA) is 80.7 Å². The molecule has 0 spiro atoms. The molecule has 18 heavy (non-hydrogen) atoms. The molecule has 2 rings (SSSR count). The van der Waals surface area contributed by atoms with Gasteiger partial charge >= 0.3 is 5.97 Å². The number of rotatable bonds is 3. The van der Waals surface area contributed by atoms with E-state index < -0.39 is 21.3 Å². The fraction of sp³-hybridized carbons (Fsp3) is 0.750. The molecule has 2 bridgehead atoms. The predicted molar refractivity (Wildman–Crippen MR) is 65.4 cm³/mol. The van der Waals surface area contributed by atoms with Crippen LogP contribution in [0.3, 0.4) is 0 Å². The highest BCUT2D eigenvalue weighted by Gasteiger charge is 2.56. The van der Waals surface area contributed by atoms with E-state index in [1.165, 1.54) is 0 Å². The lowest BCUT2D eigenvalue weighted by Crippen LogP contribution is -2.39. The van der Waals surface area contributed by atoms with E-state index in [4.69, 9.17) is 9.29 Å². The van der Waals surface area contributed by atoms with Crippen LogP contribution in [0, 0.1) is 17.8 Å². The molecule has 5 nitrogen and oxygen atoms in total. The normalized spacial score (nSPS) is 38.7. The van der Waals surface area contributed by atoms with Crippen molar-refractivity contribution in [3.05, 3.63) is 12.2 Å². The van der Waals surface area contributed by atoms with Crippen LogP contribution < -0.4 is 0 Å². The molecule has 0 aromatic rings. The average molecular weight is 274 g/mol. The minimum atomic E-state index is -3.99. The van der Waals surface area contributed by atoms with E-state index in [9.17, 15) is 13.2 Å². The van der Waals surface area contributed by atoms with Gasteiger partial charge in [0.2, 0.25) is 0 Å². The van der Waals surface area contributed by atoms with E-state index in [0.29, 0.717) is 18.4 Å². The number of ether oxygens (including phenoxy) is 1. The van der Waals surface area contributed by atoms with Crippen LogP contribution in [-0.4, -0.2) is 30.3 Å². The number of hydrogen-bond acceptors (Lipinski definition) is 4. The van der Waals surface area contributed by atoms with Gasteiger partial charge in [-0.15, -0.1) is 0 Å². The van der Waals surface area contributed by atoms with Gasteiger partial charge in [-0.05, 0) is 37.5 Å². The number of carbonyl (C=O) groups is 1. The molecule has 2 aliphatic rings. The average Bonchev–Trinajstić information content (AvgIpc) is 2.77. The minimum absolute atomic E-state index is 0.0280. The van der Waals surface area contributed by atoms with Gasteiger partial charge < -0.3 is 4.74 Å². The van der Waals surface area contributed by atoms with Gasteiger partial charge in [0, 0.05) is 5.57 Å². The van der Waals surface area contributed by atoms with E-state index >= 15 is 0 Å². The first kappa shape index (κ1) is 13.5. The second-order valence-electron chi connectivity index (χ2n) is 5.46. The first-order valence-corrected chi connectivity index (χ1v) is 7.55. The van der Waals surface area contributed by atoms with Crippen molar-refractivity contribution in [1.82, 2.24) is 0 Å². The van der Waals surface area contributed by atoms with Crippen LogP contribution in [0.15, 0.2) is 12.2 Å². The lowest BCUT2D eigenvalue weighted by molar-refractivity contribution is -0.149. The molecule has 0 aromatic heterocycles. The largest absolute Gasteiger partial charge is 0.458 e. The van der Waals surface area contributed by atoms with E-state index in [-0.39, 0.29) is 23.9 Å². The Morgan fingerprint density at radius 2 is 2.00 bits per heavy atom. The number of fused-ring (bicyclic) bond motifs is 2. The zero-order valence-corrected chi connectivity index (χ0v) is 11.3. The Morgan fingerprint density at radius 1 is 1.39 bits per heavy atom. The maximum Gasteiger partial charge on any atom is 0.333 e. The Balaban J connectivity index is 2.10. The Kier molecular flexibility index (Phi) is 3.27. The second-order valence-corrected chi connectivity index (χ2v) is 7.09. The molecule has 5 unspecified atom stereocenters. The number of carbonyl (C=O) groups excluding carboxylic acids is 1. The zero-order chi connectivity index (χ0) is 13.7. The van der Waals surface area contributed by atoms with Gasteiger partial charge in [0.05, 0.1) is 5.25 Å². The molecule has 0 amide bonds. The summed E-state index contributed by atoms with van der Waals surface area (Å²) in [7, 11) is -3.99. The molecule has 102 valence electrons. The van der Waals surface area contributed by atoms with Crippen LogP contribution >= 0.6 is 0 Å². The highest BCUT2D eigenvalue weighted by Crippen LogP contribution is 2.52. The van der Waals surface area contributed by atoms with Crippen molar-refractivity contribution >= 4 is 16.1 Å². The van der Waals surface area contributed by atoms with Crippen LogP contribution in [0.25, 0.3) is 0 Å². The highest BCUT2D eigenvalue weighted by molar-refractivity contribution is 7.86. The van der Waals surface area contributed by atoms with Gasteiger partial charge in [0.1, 0.15) is 6.10 Å². The Morgan fingerprint density at radius 3 is 2.44 bits per heavy atom. The molecule has 0 saturated heterocycles. The summed E-state index contributed by atoms with van der Waals surface area (Å²) in [6.07, 6.45) is 0.819. The molecule has 0 aliphatic heterocycles. The summed E-state index contributed by atoms with van der Waals surface area (Å²) in [5.74, 6) is -0.560. The van der Waals surface area contributed by atoms with Gasteiger partial charge in [0.15, 0.2) is 0 Å². The van der Waals surface area contributed by atoms with Gasteiger partial charge in [0.25, 0.3) is 10.1 Å². The summed E-state index contributed by atoms with van der Waals surface area (Å²) in [6, 6.07) is 0. The first-order chi connectivity index (χ1) is 8.21. The van der Waals surface area contributed by atoms with E-state index in [0.717, 1.165) is 0 Å². The zero-order valence-electron chi connectivity index (χ0n) is 10.5. The van der Waals surface area contributed by atoms with Crippen molar-refractivity contribution in [1.29, 1.82) is 0 Å². The van der Waals surface area contributed by atoms with E-state index in [2.05, 4.69) is 6.58 Å². The summed E-state index contributed by atoms with van der Waals surface area (Å²) in [5, 5.41) is -0.697. The molecule has 2 saturated carbocycles. The first-order valence-electron chi connectivity index (χ1n) is 6.04. The van der Waals surface area contributed by atoms with Crippen molar-refractivity contribution < 1.29 is 22.5 Å². The predicted octanol–water partition coefficient (Wildman–Crippen LogP) is 1.41. The lowest BCUT2D eigenvalue weighted by atomic mass is 9.87. The standard InChI is InChI=1S/C12H18O5S/c1-6(2)12(13)17-11-7(3)9-4-8(11)5-10(9)18(14,15)16/h7-11H,1,4-5H2,2-3H3,(H,14,15,16). The highest BCUT2D eigenvalue weighted by atomic mass is 32.2. The third-order valence-electron chi connectivity index (χ3n) is 4.22. The summed E-state index contributed by atoms with van der Waals surface area (Å²) in [6.45, 7) is 6.99. The van der Waals surface area contributed by atoms with Crippen LogP contribution in [0.2, 0.25) is 0 Å². The maximum atomic E-state index is 11.5. The number of esters is 1. The summed E-state index contributed by atoms with van der Waals surface area (Å²) in [5.41, 5.74) is 0.344. The fourth-order valence-electron chi connectivity index (χ4n) is 3.34. The summed E-state index contributed by atoms with van der Waals surface area (Å²) >= 11 is 0. The van der Waals surface area contributed by atoms with Crippen LogP contribution in [-0.2, 0) is 19.6 Å². The minimum Gasteiger partial charge on any atom is -0.458 e. The van der Waals surface area contributed by atoms with Crippen LogP contribution in [0.1, 0.15) is 26.7 Å². The molecular weight excluding hydrogens is 256 g/mol. The van der Waals surface area contributed by atoms with Gasteiger partial charge in [-0.1, -0.05) is 13.5 Å². The summed E-state index contributed by atoms with van der Waals surface area (Å²) < 4.78 is 37.0. The van der Waals surface area contributed by atoms with Gasteiger partial charge in [-0.2, -0.15) is 8.42 Å². The van der Waals surface area contributed by atoms with Gasteiger partial charge in [-0.3, -0.25) is 4.55 Å². The van der Waals surface area contributed by atoms with Crippen LogP contribution in [0.5, 0.6) is 0 Å². The lowest BCUT2D eigenvalue weighted by Gasteiger charge is -2.31. The maximum absolute atomic E-state index is 11.5. The van der Waals surface area contributed by atoms with Gasteiger partial charge in [-0.25, -0.2) is 4.79 Å². The third-order valence-corrected chi connectivity index (χ3v) is 5.53. The fourth-order valence-corrected chi connectivity index (χ4v) is 4.63. The molecular formula is C12H18O5S. The molecule has 6 heteroatoms. The molecule has 0 aromatic carbocycles. The summed E-state index contributed by atoms with van der Waals surface area (Å²) in [4.78, 5) is 11.5. The third kappa shape index (κ3) is 2.19. The molecule has 5 atom stereocenters. The van der Waals surface area contributed by atoms with Crippen molar-refractivity contribution in [3.8, 4) is 0 Å². The van der Waals surface area contributed by atoms with Crippen LogP contribution in [0.4, 0.5) is 0 Å². The Labute approximate surface area is 107 Å². The number of hydrogen-bond donors (Lipinski definition) is 1. The quantitative estimate of drug-likeness (QED) is 0.478. The van der Waals surface area contributed by atoms with E-state index in [1.54, 1.807) is 6.92 Å². The molecule has 0 heterocycles. The molecule has 2 fully saturated rings. The smallest absolute Gasteiger partial charge is 0.333 e. The van der Waals surface area contributed by atoms with E-state index in [1.807, 2.05) is 6.92 Å². The van der Waals surface area contributed by atoms with Crippen molar-refractivity contribution in [2.24, 2.45) is 17.8 Å².